The van der Waals surface area contributed by atoms with Gasteiger partial charge in [0.05, 0.1) is 17.7 Å². The van der Waals surface area contributed by atoms with E-state index in [1.165, 1.54) is 60.5 Å². The Labute approximate surface area is 182 Å². The second-order valence-corrected chi connectivity index (χ2v) is 11.5. The highest BCUT2D eigenvalue weighted by molar-refractivity contribution is 7.89. The Balaban J connectivity index is 1.92. The van der Waals surface area contributed by atoms with Gasteiger partial charge in [-0.3, -0.25) is 4.79 Å². The maximum Gasteiger partial charge on any atom is 0.272 e. The molecule has 1 aromatic heterocycles. The van der Waals surface area contributed by atoms with Gasteiger partial charge in [-0.2, -0.15) is 4.31 Å². The van der Waals surface area contributed by atoms with E-state index in [1.54, 1.807) is 7.05 Å². The lowest BCUT2D eigenvalue weighted by Gasteiger charge is -2.15. The highest BCUT2D eigenvalue weighted by Gasteiger charge is 2.29. The van der Waals surface area contributed by atoms with Crippen molar-refractivity contribution in [3.05, 3.63) is 36.2 Å². The third-order valence-corrected chi connectivity index (χ3v) is 8.79. The van der Waals surface area contributed by atoms with E-state index in [0.29, 0.717) is 13.1 Å². The number of ether oxygens (including phenoxy) is 1. The van der Waals surface area contributed by atoms with Crippen molar-refractivity contribution in [3.8, 4) is 5.75 Å². The number of sulfonamides is 2. The van der Waals surface area contributed by atoms with Crippen LogP contribution in [0.5, 0.6) is 5.75 Å². The second kappa shape index (κ2) is 8.61. The van der Waals surface area contributed by atoms with Gasteiger partial charge in [0.25, 0.3) is 5.91 Å². The van der Waals surface area contributed by atoms with Gasteiger partial charge in [0.15, 0.2) is 0 Å². The molecule has 31 heavy (non-hydrogen) atoms. The van der Waals surface area contributed by atoms with Crippen LogP contribution in [0, 0.1) is 0 Å². The summed E-state index contributed by atoms with van der Waals surface area (Å²) in [5.74, 6) is -0.326. The number of nitrogens with zero attached hydrogens (tertiary/aromatic N) is 3. The number of anilines is 1. The van der Waals surface area contributed by atoms with Gasteiger partial charge in [0, 0.05) is 40.4 Å². The normalized spacial score (nSPS) is 15.4. The van der Waals surface area contributed by atoms with Crippen LogP contribution < -0.4 is 10.1 Å². The molecule has 12 heteroatoms. The van der Waals surface area contributed by atoms with Gasteiger partial charge in [-0.25, -0.2) is 21.1 Å². The molecule has 0 radical (unpaired) electrons. The third-order valence-electron chi connectivity index (χ3n) is 5.11. The molecule has 2 heterocycles. The van der Waals surface area contributed by atoms with E-state index in [2.05, 4.69) is 5.32 Å². The Morgan fingerprint density at radius 3 is 2.29 bits per heavy atom. The first-order valence-electron chi connectivity index (χ1n) is 9.57. The summed E-state index contributed by atoms with van der Waals surface area (Å²) in [5.41, 5.74) is 0.265. The molecule has 0 atom stereocenters. The zero-order valence-corrected chi connectivity index (χ0v) is 19.5. The number of aromatic nitrogens is 1. The second-order valence-electron chi connectivity index (χ2n) is 7.39. The zero-order valence-electron chi connectivity index (χ0n) is 17.8. The molecule has 2 aromatic rings. The number of amides is 1. The molecule has 1 amide bonds. The van der Waals surface area contributed by atoms with Crippen molar-refractivity contribution in [1.82, 2.24) is 13.2 Å². The van der Waals surface area contributed by atoms with Crippen LogP contribution in [0.3, 0.4) is 0 Å². The average molecular weight is 471 g/mol. The van der Waals surface area contributed by atoms with Crippen LogP contribution in [0.2, 0.25) is 0 Å². The van der Waals surface area contributed by atoms with Crippen molar-refractivity contribution in [1.29, 1.82) is 0 Å². The van der Waals surface area contributed by atoms with Gasteiger partial charge < -0.3 is 14.6 Å². The molecule has 0 unspecified atom stereocenters. The van der Waals surface area contributed by atoms with Gasteiger partial charge >= 0.3 is 0 Å². The lowest BCUT2D eigenvalue weighted by molar-refractivity contribution is 0.101. The number of aryl methyl sites for hydroxylation is 1. The van der Waals surface area contributed by atoms with Gasteiger partial charge in [-0.15, -0.1) is 0 Å². The number of carbonyl (C=O) groups excluding carboxylic acids is 1. The Bertz CT molecular complexity index is 1200. The molecule has 0 saturated carbocycles. The minimum Gasteiger partial charge on any atom is -0.495 e. The molecule has 1 aliphatic heterocycles. The Morgan fingerprint density at radius 1 is 1.06 bits per heavy atom. The quantitative estimate of drug-likeness (QED) is 0.652. The number of hydrogen-bond donors (Lipinski definition) is 1. The molecule has 1 fully saturated rings. The van der Waals surface area contributed by atoms with Crippen molar-refractivity contribution < 1.29 is 26.4 Å². The molecule has 10 nitrogen and oxygen atoms in total. The van der Waals surface area contributed by atoms with Crippen molar-refractivity contribution in [2.24, 2.45) is 7.05 Å². The molecule has 0 spiro atoms. The summed E-state index contributed by atoms with van der Waals surface area (Å²) in [6.07, 6.45) is 3.02. The van der Waals surface area contributed by atoms with Crippen LogP contribution in [-0.2, 0) is 27.1 Å². The van der Waals surface area contributed by atoms with Crippen LogP contribution in [0.25, 0.3) is 0 Å². The predicted octanol–water partition coefficient (Wildman–Crippen LogP) is 1.32. The highest BCUT2D eigenvalue weighted by Crippen LogP contribution is 2.29. The van der Waals surface area contributed by atoms with Gasteiger partial charge in [-0.05, 0) is 37.1 Å². The van der Waals surface area contributed by atoms with Gasteiger partial charge in [0.1, 0.15) is 16.3 Å². The number of carbonyl (C=O) groups is 1. The first-order valence-corrected chi connectivity index (χ1v) is 12.4. The summed E-state index contributed by atoms with van der Waals surface area (Å²) < 4.78 is 59.6. The van der Waals surface area contributed by atoms with Crippen LogP contribution in [0.1, 0.15) is 23.3 Å². The largest absolute Gasteiger partial charge is 0.495 e. The Morgan fingerprint density at radius 2 is 1.71 bits per heavy atom. The van der Waals surface area contributed by atoms with Crippen LogP contribution >= 0.6 is 0 Å². The number of benzene rings is 1. The average Bonchev–Trinajstić information content (AvgIpc) is 3.38. The summed E-state index contributed by atoms with van der Waals surface area (Å²) in [4.78, 5) is 12.9. The Kier molecular flexibility index (Phi) is 6.46. The lowest BCUT2D eigenvalue weighted by atomic mass is 10.2. The van der Waals surface area contributed by atoms with E-state index >= 15 is 0 Å². The maximum atomic E-state index is 12.9. The fourth-order valence-corrected chi connectivity index (χ4v) is 5.84. The molecule has 1 saturated heterocycles. The molecular weight excluding hydrogens is 444 g/mol. The maximum absolute atomic E-state index is 12.9. The zero-order chi connectivity index (χ0) is 23.0. The monoisotopic (exact) mass is 470 g/mol. The number of hydrogen-bond acceptors (Lipinski definition) is 6. The summed E-state index contributed by atoms with van der Waals surface area (Å²) in [7, 11) is -1.61. The SMILES string of the molecule is COc1ccc(S(=O)(=O)N(C)C)cc1NC(=O)c1cc(S(=O)(=O)N2CCCC2)cn1C. The molecule has 1 N–H and O–H groups in total. The molecule has 0 bridgehead atoms. The van der Waals surface area contributed by atoms with E-state index in [-0.39, 0.29) is 26.9 Å². The molecule has 1 aliphatic rings. The first-order chi connectivity index (χ1) is 14.5. The van der Waals surface area contributed by atoms with Crippen LogP contribution in [0.15, 0.2) is 40.3 Å². The topological polar surface area (TPSA) is 118 Å². The molecule has 170 valence electrons. The predicted molar refractivity (Wildman–Crippen MR) is 115 cm³/mol. The van der Waals surface area contributed by atoms with E-state index in [4.69, 9.17) is 4.74 Å². The van der Waals surface area contributed by atoms with E-state index < -0.39 is 26.0 Å². The van der Waals surface area contributed by atoms with E-state index in [9.17, 15) is 21.6 Å². The van der Waals surface area contributed by atoms with Crippen LogP contribution in [-0.4, -0.2) is 70.2 Å². The van der Waals surface area contributed by atoms with Gasteiger partial charge in [0.2, 0.25) is 20.0 Å². The number of methoxy groups -OCH3 is 1. The summed E-state index contributed by atoms with van der Waals surface area (Å²) >= 11 is 0. The summed E-state index contributed by atoms with van der Waals surface area (Å²) in [5, 5.41) is 2.63. The van der Waals surface area contributed by atoms with E-state index in [0.717, 1.165) is 17.1 Å². The minimum atomic E-state index is -3.72. The summed E-state index contributed by atoms with van der Waals surface area (Å²) in [6.45, 7) is 0.923. The molecule has 1 aromatic carbocycles. The standard InChI is InChI=1S/C19H26N4O6S2/c1-21(2)30(25,26)14-7-8-18(29-4)16(11-14)20-19(24)17-12-15(13-22(17)3)31(27,28)23-9-5-6-10-23/h7-8,11-13H,5-6,9-10H2,1-4H3,(H,20,24). The van der Waals surface area contributed by atoms with Gasteiger partial charge in [-0.1, -0.05) is 0 Å². The summed E-state index contributed by atoms with van der Waals surface area (Å²) in [6, 6.07) is 5.44. The third kappa shape index (κ3) is 4.47. The first kappa shape index (κ1) is 23.3. The van der Waals surface area contributed by atoms with E-state index in [1.807, 2.05) is 0 Å². The van der Waals surface area contributed by atoms with Crippen molar-refractivity contribution in [3.63, 3.8) is 0 Å². The Hall–Kier alpha value is -2.41. The highest BCUT2D eigenvalue weighted by atomic mass is 32.2. The fraction of sp³-hybridized carbons (Fsp3) is 0.421. The smallest absolute Gasteiger partial charge is 0.272 e. The van der Waals surface area contributed by atoms with Crippen LogP contribution in [0.4, 0.5) is 5.69 Å². The lowest BCUT2D eigenvalue weighted by Crippen LogP contribution is -2.27. The number of nitrogens with one attached hydrogen (secondary N) is 1. The fourth-order valence-electron chi connectivity index (χ4n) is 3.32. The van der Waals surface area contributed by atoms with Crippen molar-refractivity contribution in [2.75, 3.05) is 39.6 Å². The molecular formula is C19H26N4O6S2. The number of rotatable bonds is 7. The van der Waals surface area contributed by atoms with Crippen molar-refractivity contribution in [2.45, 2.75) is 22.6 Å². The molecule has 3 rings (SSSR count). The van der Waals surface area contributed by atoms with Crippen molar-refractivity contribution >= 4 is 31.6 Å². The minimum absolute atomic E-state index is 0.0159. The molecule has 0 aliphatic carbocycles.